The molecule has 0 saturated carbocycles. The number of hydrogen-bond acceptors (Lipinski definition) is 5. The lowest BCUT2D eigenvalue weighted by Crippen LogP contribution is -2.41. The van der Waals surface area contributed by atoms with Gasteiger partial charge >= 0.3 is 0 Å². The molecular weight excluding hydrogens is 394 g/mol. The largest absolute Gasteiger partial charge is 0.454 e. The van der Waals surface area contributed by atoms with Gasteiger partial charge in [0.25, 0.3) is 5.91 Å². The topological polar surface area (TPSA) is 80.8 Å². The Hall–Kier alpha value is -3.61. The highest BCUT2D eigenvalue weighted by molar-refractivity contribution is 6.06. The highest BCUT2D eigenvalue weighted by Crippen LogP contribution is 2.34. The van der Waals surface area contributed by atoms with Crippen LogP contribution in [0.5, 0.6) is 11.5 Å². The zero-order chi connectivity index (χ0) is 21.4. The minimum absolute atomic E-state index is 0.00340. The smallest absolute Gasteiger partial charge is 0.254 e. The fourth-order valence-electron chi connectivity index (χ4n) is 4.22. The van der Waals surface area contributed by atoms with Crippen molar-refractivity contribution in [1.82, 2.24) is 9.88 Å². The van der Waals surface area contributed by atoms with Crippen molar-refractivity contribution in [3.8, 4) is 11.5 Å². The molecule has 3 aromatic rings. The molecule has 5 rings (SSSR count). The second-order valence-electron chi connectivity index (χ2n) is 7.95. The van der Waals surface area contributed by atoms with Crippen LogP contribution in [0.2, 0.25) is 0 Å². The SMILES string of the molecule is Cc1cc(C(=O)N2CCC(C(=O)Nc3ccc4c(c3)OCO4)CC2)c2ccccc2n1. The van der Waals surface area contributed by atoms with E-state index < -0.39 is 0 Å². The van der Waals surface area contributed by atoms with E-state index in [1.54, 1.807) is 18.2 Å². The maximum absolute atomic E-state index is 13.2. The fraction of sp³-hybridized carbons (Fsp3) is 0.292. The number of likely N-dealkylation sites (tertiary alicyclic amines) is 1. The predicted octanol–water partition coefficient (Wildman–Crippen LogP) is 3.76. The molecule has 2 aliphatic rings. The summed E-state index contributed by atoms with van der Waals surface area (Å²) < 4.78 is 10.7. The Morgan fingerprint density at radius 1 is 1.03 bits per heavy atom. The van der Waals surface area contributed by atoms with Crippen molar-refractivity contribution in [2.45, 2.75) is 19.8 Å². The maximum Gasteiger partial charge on any atom is 0.254 e. The molecule has 2 amide bonds. The summed E-state index contributed by atoms with van der Waals surface area (Å²) in [6.07, 6.45) is 1.26. The molecule has 158 valence electrons. The van der Waals surface area contributed by atoms with Gasteiger partial charge in [0.1, 0.15) is 0 Å². The molecule has 1 fully saturated rings. The van der Waals surface area contributed by atoms with Crippen molar-refractivity contribution in [2.24, 2.45) is 5.92 Å². The number of ether oxygens (including phenoxy) is 2. The van der Waals surface area contributed by atoms with Gasteiger partial charge in [0.2, 0.25) is 12.7 Å². The quantitative estimate of drug-likeness (QED) is 0.702. The number of aryl methyl sites for hydroxylation is 1. The number of piperidine rings is 1. The normalized spacial score (nSPS) is 15.8. The monoisotopic (exact) mass is 417 g/mol. The number of nitrogens with one attached hydrogen (secondary N) is 1. The Labute approximate surface area is 180 Å². The van der Waals surface area contributed by atoms with E-state index in [0.29, 0.717) is 48.7 Å². The number of amides is 2. The summed E-state index contributed by atoms with van der Waals surface area (Å²) in [5, 5.41) is 3.82. The van der Waals surface area contributed by atoms with E-state index in [-0.39, 0.29) is 24.5 Å². The zero-order valence-corrected chi connectivity index (χ0v) is 17.3. The van der Waals surface area contributed by atoms with Gasteiger partial charge in [-0.15, -0.1) is 0 Å². The van der Waals surface area contributed by atoms with Crippen LogP contribution in [0, 0.1) is 12.8 Å². The number of pyridine rings is 1. The first kappa shape index (κ1) is 19.4. The van der Waals surface area contributed by atoms with Crippen molar-refractivity contribution < 1.29 is 19.1 Å². The molecule has 0 bridgehead atoms. The highest BCUT2D eigenvalue weighted by atomic mass is 16.7. The van der Waals surface area contributed by atoms with E-state index in [0.717, 1.165) is 16.6 Å². The Kier molecular flexibility index (Phi) is 4.94. The van der Waals surface area contributed by atoms with Crippen LogP contribution in [0.15, 0.2) is 48.5 Å². The second-order valence-corrected chi connectivity index (χ2v) is 7.95. The summed E-state index contributed by atoms with van der Waals surface area (Å²) in [6, 6.07) is 14.9. The van der Waals surface area contributed by atoms with Crippen molar-refractivity contribution in [1.29, 1.82) is 0 Å². The van der Waals surface area contributed by atoms with Gasteiger partial charge in [-0.3, -0.25) is 14.6 Å². The third-order valence-corrected chi connectivity index (χ3v) is 5.87. The molecule has 0 radical (unpaired) electrons. The van der Waals surface area contributed by atoms with E-state index in [2.05, 4.69) is 10.3 Å². The van der Waals surface area contributed by atoms with Crippen molar-refractivity contribution >= 4 is 28.4 Å². The number of anilines is 1. The van der Waals surface area contributed by atoms with Crippen LogP contribution in [0.1, 0.15) is 28.9 Å². The van der Waals surface area contributed by atoms with Crippen molar-refractivity contribution in [2.75, 3.05) is 25.2 Å². The Bertz CT molecular complexity index is 1170. The Morgan fingerprint density at radius 3 is 2.65 bits per heavy atom. The number of nitrogens with zero attached hydrogens (tertiary/aromatic N) is 2. The summed E-state index contributed by atoms with van der Waals surface area (Å²) in [4.78, 5) is 32.3. The van der Waals surface area contributed by atoms with Crippen LogP contribution < -0.4 is 14.8 Å². The average Bonchev–Trinajstić information content (AvgIpc) is 3.26. The van der Waals surface area contributed by atoms with Crippen LogP contribution in [0.3, 0.4) is 0 Å². The standard InChI is InChI=1S/C24H23N3O4/c1-15-12-19(18-4-2-3-5-20(18)25-15)24(29)27-10-8-16(9-11-27)23(28)26-17-6-7-21-22(13-17)31-14-30-21/h2-7,12-13,16H,8-11,14H2,1H3,(H,26,28). The number of fused-ring (bicyclic) bond motifs is 2. The molecule has 1 aromatic heterocycles. The number of para-hydroxylation sites is 1. The number of benzene rings is 2. The van der Waals surface area contributed by atoms with Crippen LogP contribution in [-0.4, -0.2) is 41.6 Å². The van der Waals surface area contributed by atoms with E-state index in [1.165, 1.54) is 0 Å². The first-order valence-electron chi connectivity index (χ1n) is 10.4. The molecule has 0 unspecified atom stereocenters. The molecular formula is C24H23N3O4. The van der Waals surface area contributed by atoms with Crippen molar-refractivity contribution in [3.05, 3.63) is 59.8 Å². The molecule has 2 aromatic carbocycles. The molecule has 31 heavy (non-hydrogen) atoms. The Balaban J connectivity index is 1.24. The summed E-state index contributed by atoms with van der Waals surface area (Å²) in [6.45, 7) is 3.20. The fourth-order valence-corrected chi connectivity index (χ4v) is 4.22. The lowest BCUT2D eigenvalue weighted by atomic mass is 9.95. The van der Waals surface area contributed by atoms with Crippen molar-refractivity contribution in [3.63, 3.8) is 0 Å². The number of aromatic nitrogens is 1. The first-order valence-corrected chi connectivity index (χ1v) is 10.4. The van der Waals surface area contributed by atoms with Gasteiger partial charge in [-0.05, 0) is 44.0 Å². The summed E-state index contributed by atoms with van der Waals surface area (Å²) in [7, 11) is 0. The minimum Gasteiger partial charge on any atom is -0.454 e. The maximum atomic E-state index is 13.2. The summed E-state index contributed by atoms with van der Waals surface area (Å²) in [5.41, 5.74) is 3.00. The molecule has 7 heteroatoms. The van der Waals surface area contributed by atoms with Gasteiger partial charge in [0.15, 0.2) is 11.5 Å². The summed E-state index contributed by atoms with van der Waals surface area (Å²) in [5.74, 6) is 1.15. The van der Waals surface area contributed by atoms with Crippen LogP contribution >= 0.6 is 0 Å². The molecule has 1 saturated heterocycles. The molecule has 7 nitrogen and oxygen atoms in total. The van der Waals surface area contributed by atoms with Crippen LogP contribution in [-0.2, 0) is 4.79 Å². The van der Waals surface area contributed by atoms with E-state index in [1.807, 2.05) is 42.2 Å². The van der Waals surface area contributed by atoms with Crippen LogP contribution in [0.4, 0.5) is 5.69 Å². The van der Waals surface area contributed by atoms with E-state index >= 15 is 0 Å². The van der Waals surface area contributed by atoms with Gasteiger partial charge in [-0.25, -0.2) is 0 Å². The molecule has 0 atom stereocenters. The molecule has 3 heterocycles. The van der Waals surface area contributed by atoms with Gasteiger partial charge < -0.3 is 19.7 Å². The van der Waals surface area contributed by atoms with Gasteiger partial charge in [0, 0.05) is 41.8 Å². The number of carbonyl (C=O) groups excluding carboxylic acids is 2. The number of hydrogen-bond donors (Lipinski definition) is 1. The Morgan fingerprint density at radius 2 is 1.81 bits per heavy atom. The highest BCUT2D eigenvalue weighted by Gasteiger charge is 2.29. The predicted molar refractivity (Wildman–Crippen MR) is 116 cm³/mol. The van der Waals surface area contributed by atoms with E-state index in [4.69, 9.17) is 9.47 Å². The van der Waals surface area contributed by atoms with Gasteiger partial charge in [0.05, 0.1) is 11.1 Å². The van der Waals surface area contributed by atoms with Crippen LogP contribution in [0.25, 0.3) is 10.9 Å². The second kappa shape index (κ2) is 7.91. The summed E-state index contributed by atoms with van der Waals surface area (Å²) >= 11 is 0. The van der Waals surface area contributed by atoms with Gasteiger partial charge in [-0.1, -0.05) is 18.2 Å². The van der Waals surface area contributed by atoms with E-state index in [9.17, 15) is 9.59 Å². The lowest BCUT2D eigenvalue weighted by Gasteiger charge is -2.31. The lowest BCUT2D eigenvalue weighted by molar-refractivity contribution is -0.121. The number of carbonyl (C=O) groups is 2. The third kappa shape index (κ3) is 3.79. The first-order chi connectivity index (χ1) is 15.1. The average molecular weight is 417 g/mol. The van der Waals surface area contributed by atoms with Gasteiger partial charge in [-0.2, -0.15) is 0 Å². The molecule has 1 N–H and O–H groups in total. The number of rotatable bonds is 3. The molecule has 0 aliphatic carbocycles. The molecule has 0 spiro atoms. The minimum atomic E-state index is -0.134. The molecule has 2 aliphatic heterocycles. The third-order valence-electron chi connectivity index (χ3n) is 5.87. The zero-order valence-electron chi connectivity index (χ0n) is 17.3.